The summed E-state index contributed by atoms with van der Waals surface area (Å²) in [5.41, 5.74) is 1.75. The van der Waals surface area contributed by atoms with Crippen molar-refractivity contribution in [3.63, 3.8) is 0 Å². The van der Waals surface area contributed by atoms with E-state index >= 15 is 0 Å². The number of sulfonamides is 1. The lowest BCUT2D eigenvalue weighted by atomic mass is 10.2. The number of nitrogens with one attached hydrogen (secondary N) is 2. The van der Waals surface area contributed by atoms with Crippen LogP contribution in [0.5, 0.6) is 5.75 Å². The lowest BCUT2D eigenvalue weighted by Crippen LogP contribution is -2.35. The summed E-state index contributed by atoms with van der Waals surface area (Å²) >= 11 is 0. The molecule has 1 heterocycles. The number of nitrogens with zero attached hydrogens (tertiary/aromatic N) is 1. The number of hydrogen-bond donors (Lipinski definition) is 2. The van der Waals surface area contributed by atoms with E-state index in [9.17, 15) is 18.0 Å². The quantitative estimate of drug-likeness (QED) is 0.736. The Morgan fingerprint density at radius 2 is 1.86 bits per heavy atom. The molecule has 0 spiro atoms. The number of ether oxygens (including phenoxy) is 1. The molecule has 0 atom stereocenters. The molecular formula is C19H21N3O5S. The highest BCUT2D eigenvalue weighted by Crippen LogP contribution is 2.25. The first-order chi connectivity index (χ1) is 13.4. The molecule has 1 saturated heterocycles. The zero-order chi connectivity index (χ0) is 20.1. The Labute approximate surface area is 163 Å². The number of amides is 2. The average molecular weight is 403 g/mol. The standard InChI is InChI=1S/C19H21N3O5S/c1-27-17-5-2-4-14(12-17)13-20-18(23)19(24)21-15-6-8-16(9-7-15)22-10-3-11-28(22,25)26/h2,4-9,12H,3,10-11,13H2,1H3,(H,20,23)(H,21,24). The van der Waals surface area contributed by atoms with Gasteiger partial charge in [-0.25, -0.2) is 8.42 Å². The van der Waals surface area contributed by atoms with Crippen LogP contribution in [0.25, 0.3) is 0 Å². The zero-order valence-corrected chi connectivity index (χ0v) is 16.2. The number of hydrogen-bond acceptors (Lipinski definition) is 5. The smallest absolute Gasteiger partial charge is 0.313 e. The predicted molar refractivity (Wildman–Crippen MR) is 106 cm³/mol. The lowest BCUT2D eigenvalue weighted by Gasteiger charge is -2.17. The van der Waals surface area contributed by atoms with Gasteiger partial charge in [-0.15, -0.1) is 0 Å². The zero-order valence-electron chi connectivity index (χ0n) is 15.3. The van der Waals surface area contributed by atoms with Gasteiger partial charge >= 0.3 is 11.8 Å². The van der Waals surface area contributed by atoms with Gasteiger partial charge in [0.15, 0.2) is 0 Å². The average Bonchev–Trinajstić information content (AvgIpc) is 3.05. The summed E-state index contributed by atoms with van der Waals surface area (Å²) in [6, 6.07) is 13.5. The minimum atomic E-state index is -3.26. The maximum Gasteiger partial charge on any atom is 0.313 e. The Bertz CT molecular complexity index is 973. The first-order valence-electron chi connectivity index (χ1n) is 8.71. The monoisotopic (exact) mass is 403 g/mol. The minimum Gasteiger partial charge on any atom is -0.497 e. The summed E-state index contributed by atoms with van der Waals surface area (Å²) in [5, 5.41) is 5.04. The summed E-state index contributed by atoms with van der Waals surface area (Å²) in [6.07, 6.45) is 0.592. The Kier molecular flexibility index (Phi) is 5.84. The van der Waals surface area contributed by atoms with E-state index in [0.717, 1.165) is 5.56 Å². The van der Waals surface area contributed by atoms with E-state index in [1.807, 2.05) is 6.07 Å². The molecule has 0 saturated carbocycles. The summed E-state index contributed by atoms with van der Waals surface area (Å²) in [6.45, 7) is 0.635. The molecule has 0 radical (unpaired) electrons. The Morgan fingerprint density at radius 3 is 2.50 bits per heavy atom. The molecule has 1 aliphatic heterocycles. The van der Waals surface area contributed by atoms with E-state index in [0.29, 0.717) is 30.1 Å². The molecule has 3 rings (SSSR count). The summed E-state index contributed by atoms with van der Waals surface area (Å²) in [7, 11) is -1.70. The maximum absolute atomic E-state index is 12.0. The van der Waals surface area contributed by atoms with Crippen LogP contribution in [0.2, 0.25) is 0 Å². The van der Waals surface area contributed by atoms with Crippen molar-refractivity contribution in [3.8, 4) is 5.75 Å². The first kappa shape index (κ1) is 19.7. The lowest BCUT2D eigenvalue weighted by molar-refractivity contribution is -0.136. The van der Waals surface area contributed by atoms with Crippen molar-refractivity contribution in [1.29, 1.82) is 0 Å². The topological polar surface area (TPSA) is 105 Å². The van der Waals surface area contributed by atoms with Crippen molar-refractivity contribution in [3.05, 3.63) is 54.1 Å². The molecule has 0 bridgehead atoms. The number of methoxy groups -OCH3 is 1. The van der Waals surface area contributed by atoms with Crippen LogP contribution in [0.15, 0.2) is 48.5 Å². The second-order valence-corrected chi connectivity index (χ2v) is 8.29. The van der Waals surface area contributed by atoms with Gasteiger partial charge < -0.3 is 15.4 Å². The van der Waals surface area contributed by atoms with Crippen molar-refractivity contribution in [1.82, 2.24) is 5.32 Å². The van der Waals surface area contributed by atoms with Gasteiger partial charge in [0.1, 0.15) is 5.75 Å². The van der Waals surface area contributed by atoms with E-state index in [1.165, 1.54) is 4.31 Å². The van der Waals surface area contributed by atoms with Gasteiger partial charge in [0.25, 0.3) is 0 Å². The van der Waals surface area contributed by atoms with E-state index in [1.54, 1.807) is 49.6 Å². The van der Waals surface area contributed by atoms with Crippen molar-refractivity contribution in [2.75, 3.05) is 29.0 Å². The normalized spacial score (nSPS) is 15.1. The molecule has 2 amide bonds. The predicted octanol–water partition coefficient (Wildman–Crippen LogP) is 1.49. The fraction of sp³-hybridized carbons (Fsp3) is 0.263. The summed E-state index contributed by atoms with van der Waals surface area (Å²) < 4.78 is 30.3. The molecular weight excluding hydrogens is 382 g/mol. The van der Waals surface area contributed by atoms with Gasteiger partial charge in [-0.1, -0.05) is 12.1 Å². The molecule has 0 aliphatic carbocycles. The van der Waals surface area contributed by atoms with E-state index < -0.39 is 21.8 Å². The van der Waals surface area contributed by atoms with Crippen LogP contribution in [0.4, 0.5) is 11.4 Å². The number of carbonyl (C=O) groups excluding carboxylic acids is 2. The molecule has 2 aromatic rings. The fourth-order valence-corrected chi connectivity index (χ4v) is 4.44. The maximum atomic E-state index is 12.0. The Morgan fingerprint density at radius 1 is 1.11 bits per heavy atom. The third kappa shape index (κ3) is 4.61. The SMILES string of the molecule is COc1cccc(CNC(=O)C(=O)Nc2ccc(N3CCCS3(=O)=O)cc2)c1. The molecule has 9 heteroatoms. The van der Waals surface area contributed by atoms with Gasteiger partial charge in [-0.3, -0.25) is 13.9 Å². The summed E-state index contributed by atoms with van der Waals surface area (Å²) in [4.78, 5) is 24.0. The third-order valence-electron chi connectivity index (χ3n) is 4.31. The van der Waals surface area contributed by atoms with Crippen LogP contribution < -0.4 is 19.7 Å². The third-order valence-corrected chi connectivity index (χ3v) is 6.18. The van der Waals surface area contributed by atoms with Crippen LogP contribution in [0.3, 0.4) is 0 Å². The van der Waals surface area contributed by atoms with Crippen molar-refractivity contribution in [2.45, 2.75) is 13.0 Å². The van der Waals surface area contributed by atoms with Crippen LogP contribution in [0.1, 0.15) is 12.0 Å². The Balaban J connectivity index is 1.55. The van der Waals surface area contributed by atoms with Crippen molar-refractivity contribution in [2.24, 2.45) is 0 Å². The molecule has 28 heavy (non-hydrogen) atoms. The second-order valence-electron chi connectivity index (χ2n) is 6.28. The van der Waals surface area contributed by atoms with Gasteiger partial charge in [0, 0.05) is 18.8 Å². The first-order valence-corrected chi connectivity index (χ1v) is 10.3. The number of benzene rings is 2. The molecule has 8 nitrogen and oxygen atoms in total. The van der Waals surface area contributed by atoms with Crippen LogP contribution in [-0.4, -0.2) is 39.6 Å². The number of rotatable bonds is 5. The van der Waals surface area contributed by atoms with Crippen LogP contribution in [0, 0.1) is 0 Å². The van der Waals surface area contributed by atoms with Crippen LogP contribution in [-0.2, 0) is 26.2 Å². The van der Waals surface area contributed by atoms with Gasteiger partial charge in [-0.2, -0.15) is 0 Å². The molecule has 1 aliphatic rings. The number of anilines is 2. The number of carbonyl (C=O) groups is 2. The van der Waals surface area contributed by atoms with Crippen LogP contribution >= 0.6 is 0 Å². The van der Waals surface area contributed by atoms with Gasteiger partial charge in [0.2, 0.25) is 10.0 Å². The molecule has 148 valence electrons. The molecule has 1 fully saturated rings. The highest BCUT2D eigenvalue weighted by atomic mass is 32.2. The van der Waals surface area contributed by atoms with E-state index in [2.05, 4.69) is 10.6 Å². The fourth-order valence-electron chi connectivity index (χ4n) is 2.87. The van der Waals surface area contributed by atoms with E-state index in [4.69, 9.17) is 4.74 Å². The molecule has 0 aromatic heterocycles. The summed E-state index contributed by atoms with van der Waals surface area (Å²) in [5.74, 6) is -0.770. The van der Waals surface area contributed by atoms with Gasteiger partial charge in [0.05, 0.1) is 18.6 Å². The van der Waals surface area contributed by atoms with Crippen molar-refractivity contribution >= 4 is 33.2 Å². The highest BCUT2D eigenvalue weighted by molar-refractivity contribution is 7.93. The van der Waals surface area contributed by atoms with Gasteiger partial charge in [-0.05, 0) is 48.4 Å². The van der Waals surface area contributed by atoms with E-state index in [-0.39, 0.29) is 12.3 Å². The highest BCUT2D eigenvalue weighted by Gasteiger charge is 2.28. The second kappa shape index (κ2) is 8.30. The van der Waals surface area contributed by atoms with Crippen molar-refractivity contribution < 1.29 is 22.7 Å². The molecule has 2 N–H and O–H groups in total. The minimum absolute atomic E-state index is 0.138. The Hall–Kier alpha value is -3.07. The largest absolute Gasteiger partial charge is 0.497 e. The molecule has 2 aromatic carbocycles. The molecule has 0 unspecified atom stereocenters.